The Morgan fingerprint density at radius 1 is 0.844 bits per heavy atom. The van der Waals surface area contributed by atoms with E-state index in [4.69, 9.17) is 9.47 Å². The van der Waals surface area contributed by atoms with E-state index in [1.54, 1.807) is 24.8 Å². The van der Waals surface area contributed by atoms with Crippen LogP contribution in [0.2, 0.25) is 0 Å². The third kappa shape index (κ3) is 4.07. The molecular formula is C24H28N6O2. The Bertz CT molecular complexity index is 1060. The van der Waals surface area contributed by atoms with Gasteiger partial charge in [0.05, 0.1) is 23.8 Å². The molecular weight excluding hydrogens is 404 g/mol. The fraction of sp³-hybridized carbons (Fsp3) is 0.500. The van der Waals surface area contributed by atoms with E-state index < -0.39 is 0 Å². The van der Waals surface area contributed by atoms with Gasteiger partial charge < -0.3 is 19.7 Å². The lowest BCUT2D eigenvalue weighted by Crippen LogP contribution is -2.42. The van der Waals surface area contributed by atoms with E-state index in [1.807, 2.05) is 6.07 Å². The first-order chi connectivity index (χ1) is 15.8. The number of nitrogens with one attached hydrogen (secondary N) is 1. The summed E-state index contributed by atoms with van der Waals surface area (Å²) < 4.78 is 12.6. The van der Waals surface area contributed by atoms with Gasteiger partial charge in [0, 0.05) is 55.7 Å². The van der Waals surface area contributed by atoms with Crippen molar-refractivity contribution in [3.05, 3.63) is 43.0 Å². The van der Waals surface area contributed by atoms with Crippen LogP contribution < -0.4 is 15.0 Å². The Hall–Kier alpha value is -3.00. The van der Waals surface area contributed by atoms with Gasteiger partial charge in [0.15, 0.2) is 0 Å². The fourth-order valence-corrected chi connectivity index (χ4v) is 5.19. The molecule has 0 amide bonds. The van der Waals surface area contributed by atoms with Gasteiger partial charge in [0.2, 0.25) is 5.95 Å². The quantitative estimate of drug-likeness (QED) is 0.655. The molecule has 0 unspecified atom stereocenters. The summed E-state index contributed by atoms with van der Waals surface area (Å²) in [5.41, 5.74) is 2.88. The van der Waals surface area contributed by atoms with E-state index >= 15 is 0 Å². The molecule has 3 aromatic rings. The molecule has 2 saturated heterocycles. The first kappa shape index (κ1) is 19.7. The lowest BCUT2D eigenvalue weighted by atomic mass is 9.93. The van der Waals surface area contributed by atoms with Crippen LogP contribution in [0.4, 0.5) is 11.6 Å². The zero-order valence-electron chi connectivity index (χ0n) is 18.1. The van der Waals surface area contributed by atoms with Gasteiger partial charge in [-0.3, -0.25) is 4.98 Å². The van der Waals surface area contributed by atoms with E-state index in [2.05, 4.69) is 42.3 Å². The Morgan fingerprint density at radius 2 is 1.59 bits per heavy atom. The average Bonchev–Trinajstić information content (AvgIpc) is 3.18. The second-order valence-electron chi connectivity index (χ2n) is 9.04. The number of fused-ring (bicyclic) bond motifs is 3. The molecule has 1 N–H and O–H groups in total. The summed E-state index contributed by atoms with van der Waals surface area (Å²) in [5.74, 6) is 1.54. The molecule has 0 radical (unpaired) electrons. The van der Waals surface area contributed by atoms with Gasteiger partial charge in [0.25, 0.3) is 0 Å². The first-order valence-electron chi connectivity index (χ1n) is 11.7. The summed E-state index contributed by atoms with van der Waals surface area (Å²) >= 11 is 0. The zero-order chi connectivity index (χ0) is 21.3. The molecule has 1 aliphatic carbocycles. The molecule has 4 heterocycles. The molecule has 2 bridgehead atoms. The van der Waals surface area contributed by atoms with E-state index in [0.29, 0.717) is 24.2 Å². The number of hydrogen-bond acceptors (Lipinski definition) is 8. The highest BCUT2D eigenvalue weighted by Gasteiger charge is 2.34. The summed E-state index contributed by atoms with van der Waals surface area (Å²) in [6.45, 7) is 1.86. The lowest BCUT2D eigenvalue weighted by Gasteiger charge is -2.34. The Kier molecular flexibility index (Phi) is 5.23. The van der Waals surface area contributed by atoms with Crippen molar-refractivity contribution in [1.29, 1.82) is 0 Å². The van der Waals surface area contributed by atoms with Gasteiger partial charge in [0.1, 0.15) is 11.3 Å². The van der Waals surface area contributed by atoms with Gasteiger partial charge in [-0.2, -0.15) is 0 Å². The highest BCUT2D eigenvalue weighted by atomic mass is 16.5. The third-order valence-electron chi connectivity index (χ3n) is 6.80. The predicted octanol–water partition coefficient (Wildman–Crippen LogP) is 3.59. The monoisotopic (exact) mass is 432 g/mol. The van der Waals surface area contributed by atoms with E-state index in [1.165, 1.54) is 0 Å². The minimum Gasteiger partial charge on any atom is -0.488 e. The van der Waals surface area contributed by atoms with Crippen molar-refractivity contribution in [3.63, 3.8) is 0 Å². The number of benzene rings is 1. The Morgan fingerprint density at radius 3 is 2.38 bits per heavy atom. The van der Waals surface area contributed by atoms with E-state index in [0.717, 1.165) is 74.1 Å². The van der Waals surface area contributed by atoms with Gasteiger partial charge >= 0.3 is 0 Å². The summed E-state index contributed by atoms with van der Waals surface area (Å²) in [4.78, 5) is 20.2. The van der Waals surface area contributed by atoms with Crippen molar-refractivity contribution < 1.29 is 9.47 Å². The van der Waals surface area contributed by atoms with Crippen LogP contribution in [0.3, 0.4) is 0 Å². The number of ether oxygens (including phenoxy) is 2. The minimum absolute atomic E-state index is 0.172. The molecule has 1 saturated carbocycles. The maximum atomic E-state index is 6.55. The first-order valence-corrected chi connectivity index (χ1v) is 11.7. The molecule has 2 aliphatic heterocycles. The van der Waals surface area contributed by atoms with Crippen LogP contribution in [0.5, 0.6) is 5.75 Å². The maximum Gasteiger partial charge on any atom is 0.222 e. The summed E-state index contributed by atoms with van der Waals surface area (Å²) in [6.07, 6.45) is 14.2. The van der Waals surface area contributed by atoms with Crippen LogP contribution in [-0.4, -0.2) is 57.4 Å². The highest BCUT2D eigenvalue weighted by Crippen LogP contribution is 2.35. The third-order valence-corrected chi connectivity index (χ3v) is 6.80. The largest absolute Gasteiger partial charge is 0.488 e. The van der Waals surface area contributed by atoms with Crippen LogP contribution in [0.1, 0.15) is 38.5 Å². The van der Waals surface area contributed by atoms with Crippen molar-refractivity contribution in [1.82, 2.24) is 19.9 Å². The number of aromatic nitrogens is 4. The Labute approximate surface area is 187 Å². The number of hydrogen-bond donors (Lipinski definition) is 1. The lowest BCUT2D eigenvalue weighted by molar-refractivity contribution is 0.0305. The molecule has 166 valence electrons. The second-order valence-corrected chi connectivity index (χ2v) is 9.04. The molecule has 8 nitrogen and oxygen atoms in total. The molecule has 3 fully saturated rings. The zero-order valence-corrected chi connectivity index (χ0v) is 18.1. The molecule has 2 atom stereocenters. The normalized spacial score (nSPS) is 27.4. The molecule has 2 aromatic heterocycles. The molecule has 8 heteroatoms. The molecule has 6 rings (SSSR count). The van der Waals surface area contributed by atoms with Gasteiger partial charge in [-0.15, -0.1) is 0 Å². The van der Waals surface area contributed by atoms with Gasteiger partial charge in [-0.25, -0.2) is 15.0 Å². The summed E-state index contributed by atoms with van der Waals surface area (Å²) in [6, 6.07) is 6.51. The highest BCUT2D eigenvalue weighted by molar-refractivity contribution is 5.85. The molecule has 0 spiro atoms. The number of nitrogens with zero attached hydrogens (tertiary/aromatic N) is 5. The minimum atomic E-state index is 0.172. The van der Waals surface area contributed by atoms with Crippen LogP contribution in [-0.2, 0) is 4.74 Å². The maximum absolute atomic E-state index is 6.55. The number of anilines is 2. The van der Waals surface area contributed by atoms with Crippen molar-refractivity contribution >= 4 is 22.7 Å². The van der Waals surface area contributed by atoms with Crippen molar-refractivity contribution in [2.45, 2.75) is 62.9 Å². The Balaban J connectivity index is 1.17. The topological polar surface area (TPSA) is 85.3 Å². The average molecular weight is 433 g/mol. The van der Waals surface area contributed by atoms with E-state index in [9.17, 15) is 0 Å². The van der Waals surface area contributed by atoms with E-state index in [-0.39, 0.29) is 6.10 Å². The van der Waals surface area contributed by atoms with Crippen LogP contribution in [0, 0.1) is 0 Å². The summed E-state index contributed by atoms with van der Waals surface area (Å²) in [5, 5.41) is 3.44. The summed E-state index contributed by atoms with van der Waals surface area (Å²) in [7, 11) is 0. The van der Waals surface area contributed by atoms with Gasteiger partial charge in [-0.05, 0) is 50.7 Å². The van der Waals surface area contributed by atoms with Crippen LogP contribution in [0.15, 0.2) is 43.0 Å². The van der Waals surface area contributed by atoms with Crippen LogP contribution in [0.25, 0.3) is 11.0 Å². The predicted molar refractivity (Wildman–Crippen MR) is 122 cm³/mol. The molecule has 32 heavy (non-hydrogen) atoms. The smallest absolute Gasteiger partial charge is 0.222 e. The fourth-order valence-electron chi connectivity index (χ4n) is 5.19. The molecule has 1 aromatic carbocycles. The van der Waals surface area contributed by atoms with Gasteiger partial charge in [-0.1, -0.05) is 0 Å². The van der Waals surface area contributed by atoms with Crippen LogP contribution >= 0.6 is 0 Å². The number of morpholine rings is 1. The van der Waals surface area contributed by atoms with Crippen molar-refractivity contribution in [3.8, 4) is 5.75 Å². The van der Waals surface area contributed by atoms with Crippen molar-refractivity contribution in [2.24, 2.45) is 0 Å². The molecule has 3 aliphatic rings. The van der Waals surface area contributed by atoms with Crippen molar-refractivity contribution in [2.75, 3.05) is 23.3 Å². The number of rotatable bonds is 5. The second kappa shape index (κ2) is 8.50. The SMILES string of the molecule is c1cnc(NC2CCC(Oc3cc(N4C[C@H]5CC[C@@H](C4)O5)cc4nccnc34)CC2)nc1. The standard InChI is InChI=1S/C24H28N6O2/c1-8-27-24(28-9-1)29-16-2-4-18(5-3-16)32-22-13-17(12-21-23(22)26-11-10-25-21)30-14-19-6-7-20(15-30)31-19/h1,8-13,16,18-20H,2-7,14-15H2,(H,27,28,29)/t16?,18?,19-,20+.